The van der Waals surface area contributed by atoms with Gasteiger partial charge in [-0.05, 0) is 102 Å². The van der Waals surface area contributed by atoms with Gasteiger partial charge in [0.15, 0.2) is 0 Å². The third kappa shape index (κ3) is 5.33. The van der Waals surface area contributed by atoms with Crippen LogP contribution in [-0.4, -0.2) is 4.57 Å². The van der Waals surface area contributed by atoms with Gasteiger partial charge < -0.3 is 13.9 Å². The van der Waals surface area contributed by atoms with Gasteiger partial charge in [0.25, 0.3) is 0 Å². The molecular formula is C54H36N2OS. The Labute approximate surface area is 340 Å². The first-order chi connectivity index (χ1) is 28.7. The summed E-state index contributed by atoms with van der Waals surface area (Å²) >= 11 is 1.86. The minimum atomic E-state index is 0.281. The fraction of sp³-hybridized carbons (Fsp3) is 0.0370. The molecule has 4 heteroatoms. The lowest BCUT2D eigenvalue weighted by Crippen LogP contribution is -2.10. The lowest BCUT2D eigenvalue weighted by molar-refractivity contribution is 0.591. The maximum Gasteiger partial charge on any atom is 0.135 e. The Morgan fingerprint density at radius 3 is 1.98 bits per heavy atom. The van der Waals surface area contributed by atoms with Crippen LogP contribution in [0.2, 0.25) is 0 Å². The van der Waals surface area contributed by atoms with Gasteiger partial charge in [0.05, 0.1) is 11.0 Å². The molecule has 1 aliphatic rings. The average Bonchev–Trinajstić information content (AvgIpc) is 3.96. The molecule has 0 amide bonds. The van der Waals surface area contributed by atoms with E-state index >= 15 is 0 Å². The van der Waals surface area contributed by atoms with E-state index in [9.17, 15) is 0 Å². The van der Waals surface area contributed by atoms with Crippen molar-refractivity contribution in [3.05, 3.63) is 211 Å². The summed E-state index contributed by atoms with van der Waals surface area (Å²) in [6, 6.07) is 68.5. The van der Waals surface area contributed by atoms with Crippen LogP contribution in [0.25, 0.3) is 75.8 Å². The summed E-state index contributed by atoms with van der Waals surface area (Å²) in [6.45, 7) is 0. The van der Waals surface area contributed by atoms with Crippen molar-refractivity contribution in [2.75, 3.05) is 4.90 Å². The lowest BCUT2D eigenvalue weighted by Gasteiger charge is -2.26. The van der Waals surface area contributed by atoms with E-state index in [4.69, 9.17) is 4.42 Å². The summed E-state index contributed by atoms with van der Waals surface area (Å²) in [4.78, 5) is 2.40. The molecule has 3 nitrogen and oxygen atoms in total. The van der Waals surface area contributed by atoms with E-state index in [1.807, 2.05) is 17.4 Å². The second-order valence-electron chi connectivity index (χ2n) is 15.3. The lowest BCUT2D eigenvalue weighted by atomic mass is 9.87. The normalized spacial score (nSPS) is 13.9. The molecular weight excluding hydrogens is 725 g/mol. The minimum Gasteiger partial charge on any atom is -0.456 e. The molecule has 0 spiro atoms. The fourth-order valence-electron chi connectivity index (χ4n) is 9.16. The topological polar surface area (TPSA) is 21.3 Å². The molecule has 0 bridgehead atoms. The van der Waals surface area contributed by atoms with Crippen molar-refractivity contribution in [3.63, 3.8) is 0 Å². The molecule has 0 N–H and O–H groups in total. The van der Waals surface area contributed by atoms with Gasteiger partial charge in [0.1, 0.15) is 11.3 Å². The van der Waals surface area contributed by atoms with Crippen LogP contribution in [0.4, 0.5) is 17.1 Å². The number of aromatic nitrogens is 1. The Bertz CT molecular complexity index is 3370. The third-order valence-electron chi connectivity index (χ3n) is 12.0. The quantitative estimate of drug-likeness (QED) is 0.168. The summed E-state index contributed by atoms with van der Waals surface area (Å²) in [7, 11) is 0. The molecule has 8 aromatic carbocycles. The molecule has 0 saturated carbocycles. The van der Waals surface area contributed by atoms with Crippen LogP contribution in [0.5, 0.6) is 0 Å². The second kappa shape index (κ2) is 13.2. The number of allylic oxidation sites excluding steroid dienone is 1. The van der Waals surface area contributed by atoms with Gasteiger partial charge in [-0.1, -0.05) is 121 Å². The summed E-state index contributed by atoms with van der Waals surface area (Å²) < 4.78 is 11.2. The van der Waals surface area contributed by atoms with Crippen LogP contribution in [0, 0.1) is 0 Å². The Morgan fingerprint density at radius 2 is 1.14 bits per heavy atom. The molecule has 0 radical (unpaired) electrons. The van der Waals surface area contributed by atoms with E-state index in [0.717, 1.165) is 40.5 Å². The molecule has 3 heterocycles. The zero-order valence-electron chi connectivity index (χ0n) is 31.5. The van der Waals surface area contributed by atoms with Gasteiger partial charge in [-0.15, -0.1) is 11.3 Å². The SMILES string of the molecule is C1=CC(c2ccc(N(c3ccc(-c4ccc5c6ccccc6n(-c6ccccc6)c5c4)cc3)c3ccc4c(c3)sc3ccccc34)cc2)Cc2c1oc1ccccc21. The van der Waals surface area contributed by atoms with Gasteiger partial charge in [0.2, 0.25) is 0 Å². The van der Waals surface area contributed by atoms with Crippen molar-refractivity contribution in [1.29, 1.82) is 0 Å². The molecule has 58 heavy (non-hydrogen) atoms. The standard InChI is InChI=1S/C54H36N2OS/c1-2-10-39(11-3-1)56-49-15-7-4-12-43(49)44-29-22-38(33-50(44)56)36-20-26-41(27-21-36)55(42-28-30-47-46-14-6-9-17-53(46)58-54(47)34-42)40-24-18-35(19-25-40)37-23-31-52-48(32-37)45-13-5-8-16-51(45)57-52/h1-31,33-34,37H,32H2. The maximum atomic E-state index is 6.17. The number of hydrogen-bond acceptors (Lipinski definition) is 3. The highest BCUT2D eigenvalue weighted by molar-refractivity contribution is 7.25. The van der Waals surface area contributed by atoms with Gasteiger partial charge in [-0.25, -0.2) is 0 Å². The molecule has 12 rings (SSSR count). The number of fused-ring (bicyclic) bond motifs is 9. The highest BCUT2D eigenvalue weighted by Gasteiger charge is 2.22. The Balaban J connectivity index is 0.933. The predicted octanol–water partition coefficient (Wildman–Crippen LogP) is 15.4. The van der Waals surface area contributed by atoms with E-state index in [1.54, 1.807) is 0 Å². The molecule has 3 aromatic heterocycles. The minimum absolute atomic E-state index is 0.281. The van der Waals surface area contributed by atoms with E-state index in [0.29, 0.717) is 0 Å². The average molecular weight is 761 g/mol. The van der Waals surface area contributed by atoms with Crippen molar-refractivity contribution < 1.29 is 4.42 Å². The monoisotopic (exact) mass is 760 g/mol. The number of furan rings is 1. The van der Waals surface area contributed by atoms with Gasteiger partial charge >= 0.3 is 0 Å². The number of hydrogen-bond donors (Lipinski definition) is 0. The highest BCUT2D eigenvalue weighted by atomic mass is 32.1. The predicted molar refractivity (Wildman–Crippen MR) is 245 cm³/mol. The zero-order chi connectivity index (χ0) is 38.2. The molecule has 1 aliphatic carbocycles. The maximum absolute atomic E-state index is 6.17. The molecule has 11 aromatic rings. The van der Waals surface area contributed by atoms with Gasteiger partial charge in [0, 0.05) is 70.6 Å². The molecule has 274 valence electrons. The van der Waals surface area contributed by atoms with Crippen molar-refractivity contribution in [2.45, 2.75) is 12.3 Å². The van der Waals surface area contributed by atoms with E-state index in [1.165, 1.54) is 69.6 Å². The van der Waals surface area contributed by atoms with Crippen molar-refractivity contribution in [3.8, 4) is 16.8 Å². The number of para-hydroxylation sites is 3. The summed E-state index contributed by atoms with van der Waals surface area (Å²) in [5.74, 6) is 1.27. The first-order valence-corrected chi connectivity index (χ1v) is 20.7. The van der Waals surface area contributed by atoms with Crippen LogP contribution in [0.1, 0.15) is 22.8 Å². The van der Waals surface area contributed by atoms with E-state index in [-0.39, 0.29) is 5.92 Å². The molecule has 1 unspecified atom stereocenters. The van der Waals surface area contributed by atoms with Crippen LogP contribution in [0.15, 0.2) is 199 Å². The van der Waals surface area contributed by atoms with Crippen molar-refractivity contribution >= 4 is 87.4 Å². The third-order valence-corrected chi connectivity index (χ3v) is 13.1. The number of nitrogens with zero attached hydrogens (tertiary/aromatic N) is 2. The van der Waals surface area contributed by atoms with Gasteiger partial charge in [-0.2, -0.15) is 0 Å². The number of thiophene rings is 1. The van der Waals surface area contributed by atoms with E-state index in [2.05, 4.69) is 204 Å². The first kappa shape index (κ1) is 33.0. The zero-order valence-corrected chi connectivity index (χ0v) is 32.4. The summed E-state index contributed by atoms with van der Waals surface area (Å²) in [5, 5.41) is 6.35. The molecule has 1 atom stereocenters. The van der Waals surface area contributed by atoms with Crippen molar-refractivity contribution in [1.82, 2.24) is 4.57 Å². The Hall–Kier alpha value is -7.14. The smallest absolute Gasteiger partial charge is 0.135 e. The fourth-order valence-corrected chi connectivity index (χ4v) is 10.3. The number of benzene rings is 8. The summed E-state index contributed by atoms with van der Waals surface area (Å²) in [6.07, 6.45) is 5.38. The first-order valence-electron chi connectivity index (χ1n) is 19.9. The largest absolute Gasteiger partial charge is 0.456 e. The molecule has 0 saturated heterocycles. The van der Waals surface area contributed by atoms with Crippen LogP contribution >= 0.6 is 11.3 Å². The number of anilines is 3. The van der Waals surface area contributed by atoms with E-state index < -0.39 is 0 Å². The number of rotatable bonds is 6. The van der Waals surface area contributed by atoms with Crippen molar-refractivity contribution in [2.24, 2.45) is 0 Å². The Kier molecular flexibility index (Phi) is 7.54. The van der Waals surface area contributed by atoms with Crippen LogP contribution in [-0.2, 0) is 6.42 Å². The van der Waals surface area contributed by atoms with Crippen LogP contribution in [0.3, 0.4) is 0 Å². The second-order valence-corrected chi connectivity index (χ2v) is 16.4. The molecule has 0 fully saturated rings. The molecule has 0 aliphatic heterocycles. The highest BCUT2D eigenvalue weighted by Crippen LogP contribution is 2.43. The Morgan fingerprint density at radius 1 is 0.500 bits per heavy atom. The van der Waals surface area contributed by atoms with Crippen LogP contribution < -0.4 is 4.90 Å². The summed E-state index contributed by atoms with van der Waals surface area (Å²) in [5.41, 5.74) is 12.9. The van der Waals surface area contributed by atoms with Gasteiger partial charge in [-0.3, -0.25) is 0 Å².